The molecular formula is C19H16FN3O4S. The van der Waals surface area contributed by atoms with Gasteiger partial charge in [0.2, 0.25) is 11.7 Å². The number of anilines is 1. The third-order valence-corrected chi connectivity index (χ3v) is 4.66. The van der Waals surface area contributed by atoms with E-state index < -0.39 is 22.3 Å². The largest absolute Gasteiger partial charge is 0.493 e. The summed E-state index contributed by atoms with van der Waals surface area (Å²) in [4.78, 5) is 26.7. The van der Waals surface area contributed by atoms with Crippen LogP contribution >= 0.6 is 11.3 Å². The van der Waals surface area contributed by atoms with Crippen LogP contribution < -0.4 is 10.1 Å². The summed E-state index contributed by atoms with van der Waals surface area (Å²) in [5.41, 5.74) is 0.854. The molecule has 0 fully saturated rings. The van der Waals surface area contributed by atoms with E-state index in [0.29, 0.717) is 18.1 Å². The Kier molecular flexibility index (Phi) is 5.95. The van der Waals surface area contributed by atoms with Crippen LogP contribution in [-0.2, 0) is 11.2 Å². The fraction of sp³-hybridized carbons (Fsp3) is 0.158. The summed E-state index contributed by atoms with van der Waals surface area (Å²) in [5.74, 6) is -0.648. The van der Waals surface area contributed by atoms with Crippen LogP contribution in [-0.4, -0.2) is 22.4 Å². The molecule has 0 saturated carbocycles. The summed E-state index contributed by atoms with van der Waals surface area (Å²) < 4.78 is 19.0. The number of carbonyl (C=O) groups excluding carboxylic acids is 1. The van der Waals surface area contributed by atoms with Crippen molar-refractivity contribution in [3.63, 3.8) is 0 Å². The first-order valence-electron chi connectivity index (χ1n) is 8.38. The SMILES string of the molecule is CCOc1ccccc1-c1nc(CC(=O)Nc2ccc(F)c([N+](=O)[O-])c2)cs1. The molecule has 0 spiro atoms. The van der Waals surface area contributed by atoms with Gasteiger partial charge in [0.1, 0.15) is 10.8 Å². The quantitative estimate of drug-likeness (QED) is 0.467. The molecule has 1 N–H and O–H groups in total. The molecule has 3 rings (SSSR count). The van der Waals surface area contributed by atoms with Gasteiger partial charge in [-0.2, -0.15) is 4.39 Å². The summed E-state index contributed by atoms with van der Waals surface area (Å²) in [6, 6.07) is 10.7. The molecule has 0 saturated heterocycles. The maximum Gasteiger partial charge on any atom is 0.306 e. The monoisotopic (exact) mass is 401 g/mol. The summed E-state index contributed by atoms with van der Waals surface area (Å²) in [6.07, 6.45) is -0.0154. The molecule has 0 aliphatic heterocycles. The Bertz CT molecular complexity index is 1020. The van der Waals surface area contributed by atoms with Crippen molar-refractivity contribution < 1.29 is 18.8 Å². The summed E-state index contributed by atoms with van der Waals surface area (Å²) in [7, 11) is 0. The maximum atomic E-state index is 13.4. The number of halogens is 1. The predicted octanol–water partition coefficient (Wildman–Crippen LogP) is 4.44. The third-order valence-electron chi connectivity index (χ3n) is 3.74. The summed E-state index contributed by atoms with van der Waals surface area (Å²) in [5, 5.41) is 15.8. The Morgan fingerprint density at radius 2 is 2.11 bits per heavy atom. The zero-order chi connectivity index (χ0) is 20.1. The summed E-state index contributed by atoms with van der Waals surface area (Å²) >= 11 is 1.39. The fourth-order valence-electron chi connectivity index (χ4n) is 2.54. The normalized spacial score (nSPS) is 10.5. The van der Waals surface area contributed by atoms with E-state index in [1.807, 2.05) is 31.2 Å². The highest BCUT2D eigenvalue weighted by Gasteiger charge is 2.16. The molecule has 0 aliphatic rings. The number of carbonyl (C=O) groups is 1. The lowest BCUT2D eigenvalue weighted by molar-refractivity contribution is -0.387. The smallest absolute Gasteiger partial charge is 0.306 e. The number of nitrogens with zero attached hydrogens (tertiary/aromatic N) is 2. The van der Waals surface area contributed by atoms with Crippen LogP contribution in [0.5, 0.6) is 5.75 Å². The van der Waals surface area contributed by atoms with E-state index in [-0.39, 0.29) is 12.1 Å². The van der Waals surface area contributed by atoms with Crippen molar-refractivity contribution in [2.45, 2.75) is 13.3 Å². The molecule has 28 heavy (non-hydrogen) atoms. The lowest BCUT2D eigenvalue weighted by Crippen LogP contribution is -2.14. The standard InChI is InChI=1S/C19H16FN3O4S/c1-2-27-17-6-4-3-5-14(17)19-22-13(11-28-19)10-18(24)21-12-7-8-15(20)16(9-12)23(25)26/h3-9,11H,2,10H2,1H3,(H,21,24). The highest BCUT2D eigenvalue weighted by Crippen LogP contribution is 2.32. The molecule has 2 aromatic carbocycles. The molecule has 1 heterocycles. The number of nitro benzene ring substituents is 1. The Labute approximate surface area is 164 Å². The van der Waals surface area contributed by atoms with E-state index in [2.05, 4.69) is 10.3 Å². The van der Waals surface area contributed by atoms with E-state index in [0.717, 1.165) is 22.7 Å². The number of benzene rings is 2. The number of ether oxygens (including phenoxy) is 1. The molecule has 3 aromatic rings. The molecule has 144 valence electrons. The van der Waals surface area contributed by atoms with E-state index in [9.17, 15) is 19.3 Å². The van der Waals surface area contributed by atoms with Crippen LogP contribution in [0.25, 0.3) is 10.6 Å². The number of amides is 1. The van der Waals surface area contributed by atoms with Gasteiger partial charge < -0.3 is 10.1 Å². The van der Waals surface area contributed by atoms with Gasteiger partial charge in [0.05, 0.1) is 29.2 Å². The Balaban J connectivity index is 1.71. The lowest BCUT2D eigenvalue weighted by atomic mass is 10.2. The minimum Gasteiger partial charge on any atom is -0.493 e. The molecule has 9 heteroatoms. The fourth-order valence-corrected chi connectivity index (χ4v) is 3.39. The zero-order valence-corrected chi connectivity index (χ0v) is 15.7. The van der Waals surface area contributed by atoms with Crippen molar-refractivity contribution in [1.29, 1.82) is 0 Å². The molecule has 0 bridgehead atoms. The van der Waals surface area contributed by atoms with Gasteiger partial charge in [0, 0.05) is 17.1 Å². The average Bonchev–Trinajstić information content (AvgIpc) is 3.12. The predicted molar refractivity (Wildman–Crippen MR) is 104 cm³/mol. The van der Waals surface area contributed by atoms with Crippen molar-refractivity contribution in [2.75, 3.05) is 11.9 Å². The highest BCUT2D eigenvalue weighted by atomic mass is 32.1. The Hall–Kier alpha value is -3.33. The maximum absolute atomic E-state index is 13.4. The van der Waals surface area contributed by atoms with Gasteiger partial charge in [-0.15, -0.1) is 11.3 Å². The number of para-hydroxylation sites is 1. The second-order valence-corrected chi connectivity index (χ2v) is 6.58. The van der Waals surface area contributed by atoms with Crippen LogP contribution in [0.15, 0.2) is 47.8 Å². The van der Waals surface area contributed by atoms with Crippen molar-refractivity contribution >= 4 is 28.6 Å². The van der Waals surface area contributed by atoms with Crippen LogP contribution in [0, 0.1) is 15.9 Å². The number of nitro groups is 1. The molecular weight excluding hydrogens is 385 g/mol. The van der Waals surface area contributed by atoms with Crippen molar-refractivity contribution in [1.82, 2.24) is 4.98 Å². The molecule has 7 nitrogen and oxygen atoms in total. The third kappa shape index (κ3) is 4.49. The van der Waals surface area contributed by atoms with Crippen LogP contribution in [0.2, 0.25) is 0 Å². The zero-order valence-electron chi connectivity index (χ0n) is 14.8. The van der Waals surface area contributed by atoms with Crippen molar-refractivity contribution in [2.24, 2.45) is 0 Å². The van der Waals surface area contributed by atoms with Gasteiger partial charge in [0.25, 0.3) is 0 Å². The molecule has 0 unspecified atom stereocenters. The van der Waals surface area contributed by atoms with Crippen LogP contribution in [0.4, 0.5) is 15.8 Å². The molecule has 0 aliphatic carbocycles. The van der Waals surface area contributed by atoms with E-state index in [4.69, 9.17) is 4.74 Å². The van der Waals surface area contributed by atoms with Gasteiger partial charge in [-0.25, -0.2) is 4.98 Å². The van der Waals surface area contributed by atoms with E-state index in [1.165, 1.54) is 17.4 Å². The number of hydrogen-bond acceptors (Lipinski definition) is 6. The highest BCUT2D eigenvalue weighted by molar-refractivity contribution is 7.13. The van der Waals surface area contributed by atoms with Crippen LogP contribution in [0.3, 0.4) is 0 Å². The van der Waals surface area contributed by atoms with Crippen LogP contribution in [0.1, 0.15) is 12.6 Å². The second kappa shape index (κ2) is 8.57. The number of aromatic nitrogens is 1. The van der Waals surface area contributed by atoms with E-state index >= 15 is 0 Å². The Morgan fingerprint density at radius 1 is 1.32 bits per heavy atom. The first kappa shape index (κ1) is 19.4. The first-order chi connectivity index (χ1) is 13.5. The molecule has 1 amide bonds. The van der Waals surface area contributed by atoms with Gasteiger partial charge in [0.15, 0.2) is 0 Å². The first-order valence-corrected chi connectivity index (χ1v) is 9.26. The molecule has 0 atom stereocenters. The van der Waals surface area contributed by atoms with E-state index in [1.54, 1.807) is 5.38 Å². The van der Waals surface area contributed by atoms with Crippen molar-refractivity contribution in [3.8, 4) is 16.3 Å². The second-order valence-electron chi connectivity index (χ2n) is 5.72. The number of nitrogens with one attached hydrogen (secondary N) is 1. The molecule has 1 aromatic heterocycles. The van der Waals surface area contributed by atoms with Gasteiger partial charge in [-0.1, -0.05) is 12.1 Å². The van der Waals surface area contributed by atoms with Crippen molar-refractivity contribution in [3.05, 3.63) is 69.5 Å². The molecule has 0 radical (unpaired) electrons. The van der Waals surface area contributed by atoms with Gasteiger partial charge >= 0.3 is 5.69 Å². The number of rotatable bonds is 7. The summed E-state index contributed by atoms with van der Waals surface area (Å²) in [6.45, 7) is 2.43. The van der Waals surface area contributed by atoms with Gasteiger partial charge in [-0.3, -0.25) is 14.9 Å². The minimum absolute atomic E-state index is 0.0154. The number of thiazole rings is 1. The Morgan fingerprint density at radius 3 is 2.86 bits per heavy atom. The number of hydrogen-bond donors (Lipinski definition) is 1. The minimum atomic E-state index is -0.958. The van der Waals surface area contributed by atoms with Gasteiger partial charge in [-0.05, 0) is 31.2 Å². The average molecular weight is 401 g/mol. The topological polar surface area (TPSA) is 94.4 Å². The lowest BCUT2D eigenvalue weighted by Gasteiger charge is -2.07.